The normalized spacial score (nSPS) is 17.0. The lowest BCUT2D eigenvalue weighted by atomic mass is 10.1. The zero-order valence-corrected chi connectivity index (χ0v) is 11.0. The van der Waals surface area contributed by atoms with E-state index in [4.69, 9.17) is 4.74 Å². The van der Waals surface area contributed by atoms with Gasteiger partial charge in [-0.05, 0) is 18.6 Å². The number of nitrogens with one attached hydrogen (secondary N) is 2. The molecule has 2 heterocycles. The number of ether oxygens (including phenoxy) is 1. The molecule has 0 radical (unpaired) electrons. The van der Waals surface area contributed by atoms with Crippen molar-refractivity contribution in [2.45, 2.75) is 19.4 Å². The fourth-order valence-electron chi connectivity index (χ4n) is 2.05. The number of aromatic amines is 1. The maximum atomic E-state index is 12.3. The van der Waals surface area contributed by atoms with Gasteiger partial charge in [-0.3, -0.25) is 9.59 Å². The van der Waals surface area contributed by atoms with Gasteiger partial charge >= 0.3 is 0 Å². The summed E-state index contributed by atoms with van der Waals surface area (Å²) in [5.41, 5.74) is 0.466. The van der Waals surface area contributed by atoms with Crippen LogP contribution in [0.5, 0.6) is 0 Å². The Bertz CT molecular complexity index is 424. The van der Waals surface area contributed by atoms with E-state index in [1.807, 2.05) is 6.92 Å². The van der Waals surface area contributed by atoms with E-state index < -0.39 is 6.04 Å². The quantitative estimate of drug-likeness (QED) is 0.826. The third kappa shape index (κ3) is 3.35. The van der Waals surface area contributed by atoms with Crippen LogP contribution in [0.3, 0.4) is 0 Å². The second-order valence-electron chi connectivity index (χ2n) is 4.46. The maximum Gasteiger partial charge on any atom is 0.268 e. The Kier molecular flexibility index (Phi) is 4.57. The molecule has 0 saturated carbocycles. The van der Waals surface area contributed by atoms with Crippen molar-refractivity contribution in [1.82, 2.24) is 15.2 Å². The molecule has 104 valence electrons. The molecule has 0 aromatic carbocycles. The van der Waals surface area contributed by atoms with Crippen LogP contribution in [-0.2, 0) is 9.53 Å². The van der Waals surface area contributed by atoms with Crippen LogP contribution in [0.1, 0.15) is 23.8 Å². The van der Waals surface area contributed by atoms with Crippen molar-refractivity contribution >= 4 is 11.8 Å². The standard InChI is InChI=1S/C13H19N3O3/c1-2-10(13(18)16-6-8-19-9-7-16)15-12(17)11-4-3-5-14-11/h3-5,10,14H,2,6-9H2,1H3,(H,15,17)/t10-/m1/s1. The number of hydrogen-bond donors (Lipinski definition) is 2. The smallest absolute Gasteiger partial charge is 0.268 e. The van der Waals surface area contributed by atoms with Crippen molar-refractivity contribution in [3.63, 3.8) is 0 Å². The molecule has 1 atom stereocenters. The van der Waals surface area contributed by atoms with E-state index >= 15 is 0 Å². The van der Waals surface area contributed by atoms with Gasteiger partial charge in [-0.2, -0.15) is 0 Å². The van der Waals surface area contributed by atoms with Crippen molar-refractivity contribution < 1.29 is 14.3 Å². The molecule has 0 bridgehead atoms. The van der Waals surface area contributed by atoms with Crippen LogP contribution in [-0.4, -0.2) is 54.0 Å². The van der Waals surface area contributed by atoms with Crippen LogP contribution in [0.25, 0.3) is 0 Å². The molecule has 19 heavy (non-hydrogen) atoms. The van der Waals surface area contributed by atoms with E-state index in [1.165, 1.54) is 0 Å². The molecular formula is C13H19N3O3. The second-order valence-corrected chi connectivity index (χ2v) is 4.46. The van der Waals surface area contributed by atoms with Gasteiger partial charge in [-0.25, -0.2) is 0 Å². The zero-order valence-electron chi connectivity index (χ0n) is 11.0. The van der Waals surface area contributed by atoms with Crippen molar-refractivity contribution in [3.05, 3.63) is 24.0 Å². The van der Waals surface area contributed by atoms with Gasteiger partial charge in [0.25, 0.3) is 5.91 Å². The Morgan fingerprint density at radius 1 is 1.47 bits per heavy atom. The molecule has 0 aliphatic carbocycles. The number of nitrogens with zero attached hydrogens (tertiary/aromatic N) is 1. The number of hydrogen-bond acceptors (Lipinski definition) is 3. The lowest BCUT2D eigenvalue weighted by molar-refractivity contribution is -0.137. The topological polar surface area (TPSA) is 74.4 Å². The van der Waals surface area contributed by atoms with E-state index in [0.29, 0.717) is 38.4 Å². The summed E-state index contributed by atoms with van der Waals surface area (Å²) in [5.74, 6) is -0.288. The summed E-state index contributed by atoms with van der Waals surface area (Å²) >= 11 is 0. The molecular weight excluding hydrogens is 246 g/mol. The van der Waals surface area contributed by atoms with Gasteiger partial charge < -0.3 is 19.9 Å². The van der Waals surface area contributed by atoms with E-state index in [1.54, 1.807) is 23.2 Å². The third-order valence-corrected chi connectivity index (χ3v) is 3.18. The highest BCUT2D eigenvalue weighted by atomic mass is 16.5. The zero-order chi connectivity index (χ0) is 13.7. The fraction of sp³-hybridized carbons (Fsp3) is 0.538. The average Bonchev–Trinajstić information content (AvgIpc) is 2.99. The number of carbonyl (C=O) groups is 2. The van der Waals surface area contributed by atoms with Crippen LogP contribution >= 0.6 is 0 Å². The molecule has 0 unspecified atom stereocenters. The molecule has 2 N–H and O–H groups in total. The first kappa shape index (κ1) is 13.6. The fourth-order valence-corrected chi connectivity index (χ4v) is 2.05. The SMILES string of the molecule is CC[C@@H](NC(=O)c1ccc[nH]1)C(=O)N1CCOCC1. The number of H-pyrrole nitrogens is 1. The summed E-state index contributed by atoms with van der Waals surface area (Å²) in [6.45, 7) is 4.19. The highest BCUT2D eigenvalue weighted by Crippen LogP contribution is 2.05. The summed E-state index contributed by atoms with van der Waals surface area (Å²) in [5, 5.41) is 2.76. The molecule has 0 spiro atoms. The number of carbonyl (C=O) groups excluding carboxylic acids is 2. The Balaban J connectivity index is 1.95. The van der Waals surface area contributed by atoms with Crippen LogP contribution in [0, 0.1) is 0 Å². The Morgan fingerprint density at radius 3 is 2.79 bits per heavy atom. The van der Waals surface area contributed by atoms with Crippen molar-refractivity contribution in [2.75, 3.05) is 26.3 Å². The molecule has 2 amide bonds. The minimum absolute atomic E-state index is 0.0364. The molecule has 1 aromatic heterocycles. The molecule has 1 saturated heterocycles. The lowest BCUT2D eigenvalue weighted by Crippen LogP contribution is -2.51. The van der Waals surface area contributed by atoms with Crippen LogP contribution < -0.4 is 5.32 Å². The first-order valence-electron chi connectivity index (χ1n) is 6.53. The van der Waals surface area contributed by atoms with Crippen LogP contribution in [0.2, 0.25) is 0 Å². The van der Waals surface area contributed by atoms with Crippen LogP contribution in [0.15, 0.2) is 18.3 Å². The Hall–Kier alpha value is -1.82. The first-order chi connectivity index (χ1) is 9.22. The van der Waals surface area contributed by atoms with Gasteiger partial charge in [0.05, 0.1) is 13.2 Å². The molecule has 1 fully saturated rings. The summed E-state index contributed by atoms with van der Waals surface area (Å²) in [7, 11) is 0. The highest BCUT2D eigenvalue weighted by molar-refractivity contribution is 5.96. The summed E-state index contributed by atoms with van der Waals surface area (Å²) in [4.78, 5) is 28.8. The molecule has 6 heteroatoms. The van der Waals surface area contributed by atoms with Gasteiger partial charge in [0.2, 0.25) is 5.91 Å². The van der Waals surface area contributed by atoms with Gasteiger partial charge in [-0.15, -0.1) is 0 Å². The minimum atomic E-state index is -0.478. The molecule has 1 aliphatic rings. The van der Waals surface area contributed by atoms with Gasteiger partial charge in [0.1, 0.15) is 11.7 Å². The molecule has 6 nitrogen and oxygen atoms in total. The molecule has 1 aromatic rings. The monoisotopic (exact) mass is 265 g/mol. The highest BCUT2D eigenvalue weighted by Gasteiger charge is 2.26. The van der Waals surface area contributed by atoms with Gasteiger partial charge in [0, 0.05) is 19.3 Å². The first-order valence-corrected chi connectivity index (χ1v) is 6.53. The number of amides is 2. The predicted molar refractivity (Wildman–Crippen MR) is 69.7 cm³/mol. The molecule has 1 aliphatic heterocycles. The lowest BCUT2D eigenvalue weighted by Gasteiger charge is -2.30. The van der Waals surface area contributed by atoms with Crippen LogP contribution in [0.4, 0.5) is 0 Å². The number of morpholine rings is 1. The summed E-state index contributed by atoms with van der Waals surface area (Å²) in [6, 6.07) is 2.95. The predicted octanol–water partition coefficient (Wildman–Crippen LogP) is 0.382. The van der Waals surface area contributed by atoms with Gasteiger partial charge in [-0.1, -0.05) is 6.92 Å². The largest absolute Gasteiger partial charge is 0.378 e. The number of aromatic nitrogens is 1. The average molecular weight is 265 g/mol. The van der Waals surface area contributed by atoms with Crippen molar-refractivity contribution in [1.29, 1.82) is 0 Å². The Morgan fingerprint density at radius 2 is 2.21 bits per heavy atom. The maximum absolute atomic E-state index is 12.3. The van der Waals surface area contributed by atoms with Crippen molar-refractivity contribution in [2.24, 2.45) is 0 Å². The third-order valence-electron chi connectivity index (χ3n) is 3.18. The van der Waals surface area contributed by atoms with E-state index in [0.717, 1.165) is 0 Å². The van der Waals surface area contributed by atoms with Gasteiger partial charge in [0.15, 0.2) is 0 Å². The minimum Gasteiger partial charge on any atom is -0.378 e. The van der Waals surface area contributed by atoms with E-state index in [2.05, 4.69) is 10.3 Å². The van der Waals surface area contributed by atoms with E-state index in [-0.39, 0.29) is 11.8 Å². The summed E-state index contributed by atoms with van der Waals surface area (Å²) < 4.78 is 5.22. The Labute approximate surface area is 112 Å². The molecule has 2 rings (SSSR count). The van der Waals surface area contributed by atoms with Crippen molar-refractivity contribution in [3.8, 4) is 0 Å². The second kappa shape index (κ2) is 6.38. The number of rotatable bonds is 4. The van der Waals surface area contributed by atoms with E-state index in [9.17, 15) is 9.59 Å². The summed E-state index contributed by atoms with van der Waals surface area (Å²) in [6.07, 6.45) is 2.25.